The molecule has 8 heavy (non-hydrogen) atoms. The van der Waals surface area contributed by atoms with Crippen molar-refractivity contribution < 1.29 is 22.4 Å². The van der Waals surface area contributed by atoms with E-state index >= 15 is 0 Å². The molecule has 0 aliphatic rings. The van der Waals surface area contributed by atoms with Gasteiger partial charge in [-0.15, -0.1) is 0 Å². The first-order chi connectivity index (χ1) is 1.73. The second-order valence-corrected chi connectivity index (χ2v) is 0.848. The molecule has 4 N–H and O–H groups in total. The fourth-order valence-corrected chi connectivity index (χ4v) is 0. The predicted octanol–water partition coefficient (Wildman–Crippen LogP) is -4.69. The van der Waals surface area contributed by atoms with Crippen LogP contribution in [0.1, 0.15) is 2.85 Å². The molecule has 0 aliphatic carbocycles. The van der Waals surface area contributed by atoms with E-state index in [1.165, 1.54) is 0 Å². The molecule has 48 valence electrons. The van der Waals surface area contributed by atoms with E-state index in [1.54, 1.807) is 0 Å². The van der Waals surface area contributed by atoms with Gasteiger partial charge in [-0.3, -0.25) is 4.46 Å². The molecule has 0 aromatic carbocycles. The quantitative estimate of drug-likeness (QED) is 0.416. The van der Waals surface area contributed by atoms with E-state index in [-0.39, 0.29) is 90.7 Å². The molecule has 0 saturated carbocycles. The van der Waals surface area contributed by atoms with Crippen LogP contribution in [0.3, 0.4) is 0 Å². The van der Waals surface area contributed by atoms with Crippen molar-refractivity contribution in [1.82, 2.24) is 0 Å². The van der Waals surface area contributed by atoms with E-state index < -0.39 is 9.17 Å². The Morgan fingerprint density at radius 1 is 1.38 bits per heavy atom. The summed E-state index contributed by atoms with van der Waals surface area (Å²) in [6, 6.07) is 0. The average Bonchev–Trinajstić information content (AvgIpc) is 0.811. The molecule has 4 nitrogen and oxygen atoms in total. The zero-order valence-electron chi connectivity index (χ0n) is 5.72. The first-order valence-electron chi connectivity index (χ1n) is 0.651. The van der Waals surface area contributed by atoms with E-state index in [0.29, 0.717) is 0 Å². The van der Waals surface area contributed by atoms with Gasteiger partial charge in [0.2, 0.25) is 0 Å². The van der Waals surface area contributed by atoms with E-state index in [1.807, 2.05) is 0 Å². The summed E-state index contributed by atoms with van der Waals surface area (Å²) < 4.78 is 8.74. The van der Waals surface area contributed by atoms with Crippen LogP contribution in [0.5, 0.6) is 0 Å². The Balaban J connectivity index is -0.00000000300. The van der Waals surface area contributed by atoms with Crippen molar-refractivity contribution in [3.63, 3.8) is 0 Å². The summed E-state index contributed by atoms with van der Waals surface area (Å²) in [6.07, 6.45) is 0. The molecular formula is H11AlCaO4PbSi. The van der Waals surface area contributed by atoms with Gasteiger partial charge in [-0.05, 0) is 0 Å². The second-order valence-electron chi connectivity index (χ2n) is 0.283. The van der Waals surface area contributed by atoms with E-state index in [2.05, 4.69) is 0 Å². The molecule has 0 saturated heterocycles. The molecule has 0 spiro atoms. The van der Waals surface area contributed by atoms with E-state index in [9.17, 15) is 0 Å². The van der Waals surface area contributed by atoms with Crippen LogP contribution in [0.2, 0.25) is 0 Å². The van der Waals surface area contributed by atoms with Gasteiger partial charge < -0.3 is 17.9 Å². The van der Waals surface area contributed by atoms with Crippen LogP contribution < -0.4 is 0 Å². The van der Waals surface area contributed by atoms with Gasteiger partial charge in [-0.25, -0.2) is 0 Å². The van der Waals surface area contributed by atoms with Gasteiger partial charge in [0.1, 0.15) is 0 Å². The van der Waals surface area contributed by atoms with Crippen molar-refractivity contribution in [1.29, 1.82) is 0 Å². The second kappa shape index (κ2) is 22.8. The summed E-state index contributed by atoms with van der Waals surface area (Å²) in [5, 5.41) is 0. The third-order valence-electron chi connectivity index (χ3n) is 0. The van der Waals surface area contributed by atoms with Crippen LogP contribution in [0.15, 0.2) is 0 Å². The standard InChI is InChI=1S/Al.Ca.H2O3Si.H2O.Pb.7H/c;;1-4(2)3;;;;;;;;;/h;;1-2H;1H2;;;;;;;;/q;+2;;;;;;;;;2*-1. The van der Waals surface area contributed by atoms with Crippen molar-refractivity contribution >= 4 is 91.6 Å². The molecule has 0 atom stereocenters. The van der Waals surface area contributed by atoms with Gasteiger partial charge in [0.25, 0.3) is 0 Å². The van der Waals surface area contributed by atoms with Crippen molar-refractivity contribution in [3.05, 3.63) is 0 Å². The van der Waals surface area contributed by atoms with E-state index in [4.69, 9.17) is 14.1 Å². The Kier molecular flexibility index (Phi) is 90.5. The molecule has 0 heterocycles. The summed E-state index contributed by atoms with van der Waals surface area (Å²) in [6.45, 7) is 0. The number of hydrogen-bond donors (Lipinski definition) is 2. The van der Waals surface area contributed by atoms with E-state index in [0.717, 1.165) is 0 Å². The summed E-state index contributed by atoms with van der Waals surface area (Å²) in [5.41, 5.74) is 0. The molecule has 0 aromatic rings. The molecule has 0 aromatic heterocycles. The van der Waals surface area contributed by atoms with Crippen LogP contribution in [-0.2, 0) is 4.46 Å². The third-order valence-corrected chi connectivity index (χ3v) is 0. The SMILES string of the molecule is O.O=[Si](O)O.[AlH3].[Ca+2].[H-].[H-].[PbH2]. The van der Waals surface area contributed by atoms with Crippen LogP contribution in [0.4, 0.5) is 0 Å². The minimum absolute atomic E-state index is 0. The maximum absolute atomic E-state index is 8.74. The van der Waals surface area contributed by atoms with Crippen LogP contribution >= 0.6 is 0 Å². The molecular weight excluding hydrogens is 366 g/mol. The van der Waals surface area contributed by atoms with Gasteiger partial charge in [-0.2, -0.15) is 0 Å². The Morgan fingerprint density at radius 2 is 1.38 bits per heavy atom. The molecule has 0 bridgehead atoms. The normalized spacial score (nSPS) is 3.00. The Hall–Kier alpha value is 2.29. The first-order valence-corrected chi connectivity index (χ1v) is 1.95. The van der Waals surface area contributed by atoms with Crippen LogP contribution in [0.25, 0.3) is 0 Å². The monoisotopic (exact) mass is 378 g/mol. The predicted molar refractivity (Wildman–Crippen MR) is 41.0 cm³/mol. The van der Waals surface area contributed by atoms with Crippen molar-refractivity contribution in [2.75, 3.05) is 0 Å². The van der Waals surface area contributed by atoms with Crippen molar-refractivity contribution in [2.24, 2.45) is 0 Å². The van der Waals surface area contributed by atoms with Crippen LogP contribution in [-0.4, -0.2) is 107 Å². The molecule has 8 heteroatoms. The zero-order valence-corrected chi connectivity index (χ0v) is 12.4. The average molecular weight is 377 g/mol. The summed E-state index contributed by atoms with van der Waals surface area (Å²) in [5.74, 6) is 0. The fraction of sp³-hybridized carbons (Fsp3) is 0. The fourth-order valence-electron chi connectivity index (χ4n) is 0. The van der Waals surface area contributed by atoms with Gasteiger partial charge in [-0.1, -0.05) is 0 Å². The number of rotatable bonds is 0. The van der Waals surface area contributed by atoms with Crippen molar-refractivity contribution in [2.45, 2.75) is 0 Å². The van der Waals surface area contributed by atoms with Gasteiger partial charge in [0.05, 0.1) is 0 Å². The molecule has 2 radical (unpaired) electrons. The Bertz CT molecular complexity index is 46.2. The van der Waals surface area contributed by atoms with Crippen molar-refractivity contribution in [3.8, 4) is 0 Å². The molecule has 0 rings (SSSR count). The summed E-state index contributed by atoms with van der Waals surface area (Å²) in [4.78, 5) is 14.3. The van der Waals surface area contributed by atoms with Gasteiger partial charge in [0.15, 0.2) is 17.4 Å². The Labute approximate surface area is 112 Å². The maximum atomic E-state index is 8.74. The van der Waals surface area contributed by atoms with Gasteiger partial charge >= 0.3 is 74.2 Å². The van der Waals surface area contributed by atoms with Crippen LogP contribution in [0, 0.1) is 0 Å². The first kappa shape index (κ1) is 31.7. The molecule has 0 amide bonds. The molecule has 0 unspecified atom stereocenters. The zero-order chi connectivity index (χ0) is 3.58. The Morgan fingerprint density at radius 3 is 1.38 bits per heavy atom. The minimum atomic E-state index is -3.13. The molecule has 0 aliphatic heterocycles. The number of hydrogen-bond acceptors (Lipinski definition) is 1. The van der Waals surface area contributed by atoms with Gasteiger partial charge in [0, 0.05) is 0 Å². The summed E-state index contributed by atoms with van der Waals surface area (Å²) >= 11 is 0. The summed E-state index contributed by atoms with van der Waals surface area (Å²) in [7, 11) is -3.13. The molecule has 0 fully saturated rings. The third kappa shape index (κ3) is 84.0. The topological polar surface area (TPSA) is 89.0 Å².